The lowest BCUT2D eigenvalue weighted by atomic mass is 10.1. The van der Waals surface area contributed by atoms with Gasteiger partial charge in [-0.15, -0.1) is 16.4 Å². The van der Waals surface area contributed by atoms with Crippen molar-refractivity contribution in [1.29, 1.82) is 0 Å². The molecular formula is C14H20N4O2S. The number of hydrogen-bond donors (Lipinski definition) is 1. The average Bonchev–Trinajstić information content (AvgIpc) is 2.80. The molecule has 0 unspecified atom stereocenters. The minimum Gasteiger partial charge on any atom is -0.397 e. The molecule has 1 amide bonds. The third kappa shape index (κ3) is 2.98. The van der Waals surface area contributed by atoms with Gasteiger partial charge >= 0.3 is 0 Å². The van der Waals surface area contributed by atoms with Crippen LogP contribution in [-0.2, 0) is 4.74 Å². The van der Waals surface area contributed by atoms with E-state index in [2.05, 4.69) is 10.2 Å². The number of nitrogen functional groups attached to an aromatic ring is 1. The number of anilines is 1. The van der Waals surface area contributed by atoms with E-state index in [1.54, 1.807) is 11.9 Å². The molecule has 2 heterocycles. The van der Waals surface area contributed by atoms with Gasteiger partial charge in [-0.25, -0.2) is 0 Å². The van der Waals surface area contributed by atoms with Gasteiger partial charge in [0.05, 0.1) is 18.0 Å². The number of carbonyl (C=O) groups is 1. The normalized spacial score (nSPS) is 11.0. The number of nitrogens with two attached hydrogens (primary N) is 1. The monoisotopic (exact) mass is 308 g/mol. The molecule has 2 aromatic heterocycles. The number of thiophene rings is 1. The lowest BCUT2D eigenvalue weighted by Gasteiger charge is -2.16. The first-order chi connectivity index (χ1) is 9.97. The Hall–Kier alpha value is -1.73. The summed E-state index contributed by atoms with van der Waals surface area (Å²) in [5.74, 6) is -0.104. The van der Waals surface area contributed by atoms with Crippen LogP contribution < -0.4 is 5.73 Å². The van der Waals surface area contributed by atoms with E-state index < -0.39 is 0 Å². The van der Waals surface area contributed by atoms with Gasteiger partial charge in [0, 0.05) is 25.6 Å². The Balaban J connectivity index is 2.32. The van der Waals surface area contributed by atoms with Gasteiger partial charge in [-0.2, -0.15) is 5.10 Å². The van der Waals surface area contributed by atoms with Gasteiger partial charge in [-0.1, -0.05) is 0 Å². The molecule has 0 saturated carbocycles. The Morgan fingerprint density at radius 1 is 1.38 bits per heavy atom. The van der Waals surface area contributed by atoms with E-state index in [0.717, 1.165) is 16.6 Å². The fourth-order valence-electron chi connectivity index (χ4n) is 2.02. The van der Waals surface area contributed by atoms with Crippen LogP contribution in [0.3, 0.4) is 0 Å². The molecule has 0 bridgehead atoms. The molecule has 0 radical (unpaired) electrons. The summed E-state index contributed by atoms with van der Waals surface area (Å²) in [4.78, 5) is 15.3. The van der Waals surface area contributed by atoms with Crippen LogP contribution in [0, 0.1) is 13.8 Å². The van der Waals surface area contributed by atoms with Gasteiger partial charge in [-0.05, 0) is 26.3 Å². The van der Waals surface area contributed by atoms with Gasteiger partial charge in [-0.3, -0.25) is 4.79 Å². The molecule has 2 N–H and O–H groups in total. The molecule has 0 saturated heterocycles. The number of ether oxygens (including phenoxy) is 1. The second-order valence-corrected chi connectivity index (χ2v) is 5.86. The Morgan fingerprint density at radius 3 is 2.76 bits per heavy atom. The predicted octanol–water partition coefficient (Wildman–Crippen LogP) is 2.00. The number of rotatable bonds is 5. The topological polar surface area (TPSA) is 81.3 Å². The van der Waals surface area contributed by atoms with Crippen molar-refractivity contribution in [2.45, 2.75) is 20.8 Å². The molecular weight excluding hydrogens is 288 g/mol. The highest BCUT2D eigenvalue weighted by Gasteiger charge is 2.22. The zero-order valence-corrected chi connectivity index (χ0v) is 13.6. The second-order valence-electron chi connectivity index (χ2n) is 4.86. The van der Waals surface area contributed by atoms with Crippen LogP contribution in [0.5, 0.6) is 0 Å². The highest BCUT2D eigenvalue weighted by Crippen LogP contribution is 2.35. The first-order valence-corrected chi connectivity index (χ1v) is 7.64. The lowest BCUT2D eigenvalue weighted by Crippen LogP contribution is -2.30. The lowest BCUT2D eigenvalue weighted by molar-refractivity contribution is 0.0715. The van der Waals surface area contributed by atoms with Gasteiger partial charge < -0.3 is 15.4 Å². The van der Waals surface area contributed by atoms with Crippen LogP contribution in [0.15, 0.2) is 0 Å². The van der Waals surface area contributed by atoms with Crippen LogP contribution in [0.2, 0.25) is 0 Å². The van der Waals surface area contributed by atoms with E-state index in [0.29, 0.717) is 35.2 Å². The number of nitrogens with zero attached hydrogens (tertiary/aromatic N) is 3. The number of likely N-dealkylation sites (N-methyl/N-ethyl adjacent to an activating group) is 1. The summed E-state index contributed by atoms with van der Waals surface area (Å²) in [6, 6.07) is 0. The molecule has 114 valence electrons. The fourth-order valence-corrected chi connectivity index (χ4v) is 3.12. The summed E-state index contributed by atoms with van der Waals surface area (Å²) in [5, 5.41) is 9.06. The molecule has 0 fully saturated rings. The van der Waals surface area contributed by atoms with Gasteiger partial charge in [0.2, 0.25) is 0 Å². The molecule has 7 heteroatoms. The summed E-state index contributed by atoms with van der Waals surface area (Å²) >= 11 is 1.29. The van der Waals surface area contributed by atoms with Crippen LogP contribution >= 0.6 is 11.3 Å². The third-order valence-corrected chi connectivity index (χ3v) is 4.53. The zero-order valence-electron chi connectivity index (χ0n) is 12.8. The Morgan fingerprint density at radius 2 is 2.10 bits per heavy atom. The molecule has 2 aromatic rings. The fraction of sp³-hybridized carbons (Fsp3) is 0.500. The van der Waals surface area contributed by atoms with E-state index in [4.69, 9.17) is 10.5 Å². The molecule has 21 heavy (non-hydrogen) atoms. The van der Waals surface area contributed by atoms with Crippen LogP contribution in [0.4, 0.5) is 5.69 Å². The maximum atomic E-state index is 12.5. The Kier molecular flexibility index (Phi) is 4.74. The maximum Gasteiger partial charge on any atom is 0.265 e. The first-order valence-electron chi connectivity index (χ1n) is 6.82. The minimum atomic E-state index is -0.104. The van der Waals surface area contributed by atoms with Crippen molar-refractivity contribution in [1.82, 2.24) is 15.1 Å². The minimum absolute atomic E-state index is 0.104. The van der Waals surface area contributed by atoms with Crippen molar-refractivity contribution < 1.29 is 9.53 Å². The van der Waals surface area contributed by atoms with Gasteiger partial charge in [0.25, 0.3) is 5.91 Å². The maximum absolute atomic E-state index is 12.5. The summed E-state index contributed by atoms with van der Waals surface area (Å²) in [5.41, 5.74) is 8.47. The van der Waals surface area contributed by atoms with Crippen molar-refractivity contribution in [3.8, 4) is 0 Å². The van der Waals surface area contributed by atoms with E-state index in [1.807, 2.05) is 20.8 Å². The SMILES string of the molecule is CCOCCN(C)C(=O)c1sc2nnc(C)c(C)c2c1N. The highest BCUT2D eigenvalue weighted by molar-refractivity contribution is 7.21. The number of aryl methyl sites for hydroxylation is 2. The molecule has 0 aliphatic heterocycles. The highest BCUT2D eigenvalue weighted by atomic mass is 32.1. The van der Waals surface area contributed by atoms with E-state index in [9.17, 15) is 4.79 Å². The van der Waals surface area contributed by atoms with Crippen molar-refractivity contribution in [2.75, 3.05) is 32.5 Å². The van der Waals surface area contributed by atoms with E-state index in [-0.39, 0.29) is 5.91 Å². The molecule has 0 atom stereocenters. The predicted molar refractivity (Wildman–Crippen MR) is 84.8 cm³/mol. The quantitative estimate of drug-likeness (QED) is 0.854. The Bertz CT molecular complexity index is 669. The van der Waals surface area contributed by atoms with E-state index >= 15 is 0 Å². The summed E-state index contributed by atoms with van der Waals surface area (Å²) < 4.78 is 5.27. The van der Waals surface area contributed by atoms with Crippen molar-refractivity contribution >= 4 is 33.1 Å². The molecule has 0 aliphatic rings. The standard InChI is InChI=1S/C14H20N4O2S/c1-5-20-7-6-18(4)14(19)12-11(15)10-8(2)9(3)16-17-13(10)21-12/h5-7,15H2,1-4H3. The smallest absolute Gasteiger partial charge is 0.265 e. The van der Waals surface area contributed by atoms with Crippen LogP contribution in [0.25, 0.3) is 10.2 Å². The zero-order chi connectivity index (χ0) is 15.6. The third-order valence-electron chi connectivity index (χ3n) is 3.45. The van der Waals surface area contributed by atoms with Crippen LogP contribution in [0.1, 0.15) is 27.9 Å². The van der Waals surface area contributed by atoms with Crippen molar-refractivity contribution in [3.05, 3.63) is 16.1 Å². The van der Waals surface area contributed by atoms with Crippen molar-refractivity contribution in [2.24, 2.45) is 0 Å². The Labute approximate surface area is 127 Å². The largest absolute Gasteiger partial charge is 0.397 e. The number of aromatic nitrogens is 2. The molecule has 2 rings (SSSR count). The molecule has 6 nitrogen and oxygen atoms in total. The summed E-state index contributed by atoms with van der Waals surface area (Å²) in [7, 11) is 1.75. The van der Waals surface area contributed by atoms with E-state index in [1.165, 1.54) is 11.3 Å². The summed E-state index contributed by atoms with van der Waals surface area (Å²) in [6.45, 7) is 7.44. The number of amides is 1. The van der Waals surface area contributed by atoms with Gasteiger partial charge in [0.1, 0.15) is 9.71 Å². The number of hydrogen-bond acceptors (Lipinski definition) is 6. The molecule has 0 spiro atoms. The number of fused-ring (bicyclic) bond motifs is 1. The van der Waals surface area contributed by atoms with Gasteiger partial charge in [0.15, 0.2) is 0 Å². The van der Waals surface area contributed by atoms with Crippen LogP contribution in [-0.4, -0.2) is 47.8 Å². The average molecular weight is 308 g/mol. The molecule has 0 aliphatic carbocycles. The van der Waals surface area contributed by atoms with Crippen molar-refractivity contribution in [3.63, 3.8) is 0 Å². The first kappa shape index (κ1) is 15.7. The number of carbonyl (C=O) groups excluding carboxylic acids is 1. The molecule has 0 aromatic carbocycles. The second kappa shape index (κ2) is 6.36. The summed E-state index contributed by atoms with van der Waals surface area (Å²) in [6.07, 6.45) is 0.